The molecule has 2 unspecified atom stereocenters. The van der Waals surface area contributed by atoms with Gasteiger partial charge in [-0.05, 0) is 63.6 Å². The van der Waals surface area contributed by atoms with E-state index in [0.717, 1.165) is 43.4 Å². The first kappa shape index (κ1) is 24.4. The molecule has 1 saturated heterocycles. The van der Waals surface area contributed by atoms with Crippen molar-refractivity contribution in [1.82, 2.24) is 0 Å². The van der Waals surface area contributed by atoms with Crippen molar-refractivity contribution in [2.45, 2.75) is 77.5 Å². The monoisotopic (exact) mass is 440 g/mol. The summed E-state index contributed by atoms with van der Waals surface area (Å²) in [6, 6.07) is 18.6. The molecule has 32 heavy (non-hydrogen) atoms. The van der Waals surface area contributed by atoms with Gasteiger partial charge in [0.1, 0.15) is 12.2 Å². The van der Waals surface area contributed by atoms with Crippen molar-refractivity contribution >= 4 is 5.97 Å². The number of benzene rings is 2. The average Bonchev–Trinajstić information content (AvgIpc) is 2.77. The lowest BCUT2D eigenvalue weighted by Gasteiger charge is -2.28. The Balaban J connectivity index is 1.70. The van der Waals surface area contributed by atoms with Gasteiger partial charge in [-0.1, -0.05) is 54.6 Å². The third kappa shape index (κ3) is 8.05. The minimum absolute atomic E-state index is 0.0808. The molecule has 0 saturated carbocycles. The van der Waals surface area contributed by atoms with Gasteiger partial charge in [0, 0.05) is 13.0 Å². The van der Waals surface area contributed by atoms with E-state index in [2.05, 4.69) is 24.3 Å². The second-order valence-electron chi connectivity index (χ2n) is 9.32. The van der Waals surface area contributed by atoms with Crippen molar-refractivity contribution in [2.24, 2.45) is 0 Å². The lowest BCUT2D eigenvalue weighted by Crippen LogP contribution is -2.27. The highest BCUT2D eigenvalue weighted by Crippen LogP contribution is 2.29. The van der Waals surface area contributed by atoms with Crippen LogP contribution in [-0.2, 0) is 30.2 Å². The summed E-state index contributed by atoms with van der Waals surface area (Å²) in [7, 11) is 0. The van der Waals surface area contributed by atoms with Crippen LogP contribution in [0, 0.1) is 0 Å². The molecule has 174 valence electrons. The fourth-order valence-corrected chi connectivity index (χ4v) is 3.75. The maximum atomic E-state index is 12.0. The zero-order valence-electron chi connectivity index (χ0n) is 19.7. The highest BCUT2D eigenvalue weighted by Gasteiger charge is 2.23. The highest BCUT2D eigenvalue weighted by atomic mass is 16.7. The van der Waals surface area contributed by atoms with Gasteiger partial charge in [-0.15, -0.1) is 0 Å². The van der Waals surface area contributed by atoms with Crippen LogP contribution in [0.2, 0.25) is 0 Å². The second-order valence-corrected chi connectivity index (χ2v) is 9.32. The number of esters is 1. The van der Waals surface area contributed by atoms with E-state index >= 15 is 0 Å². The molecule has 3 rings (SSSR count). The van der Waals surface area contributed by atoms with Gasteiger partial charge in [-0.25, -0.2) is 4.79 Å². The van der Waals surface area contributed by atoms with Gasteiger partial charge in [-0.3, -0.25) is 0 Å². The number of hydrogen-bond donors (Lipinski definition) is 0. The van der Waals surface area contributed by atoms with Crippen LogP contribution in [0.1, 0.15) is 75.9 Å². The summed E-state index contributed by atoms with van der Waals surface area (Å²) in [5.41, 5.74) is 2.77. The summed E-state index contributed by atoms with van der Waals surface area (Å²) in [6.07, 6.45) is 3.34. The molecular weight excluding hydrogens is 404 g/mol. The Morgan fingerprint density at radius 3 is 2.50 bits per heavy atom. The predicted molar refractivity (Wildman–Crippen MR) is 124 cm³/mol. The minimum Gasteiger partial charge on any atom is -0.458 e. The number of ether oxygens (including phenoxy) is 4. The molecule has 2 aromatic carbocycles. The van der Waals surface area contributed by atoms with Crippen LogP contribution in [0.25, 0.3) is 0 Å². The van der Waals surface area contributed by atoms with Gasteiger partial charge in [-0.2, -0.15) is 0 Å². The van der Waals surface area contributed by atoms with Crippen LogP contribution < -0.4 is 0 Å². The quantitative estimate of drug-likeness (QED) is 0.452. The molecule has 1 aliphatic heterocycles. The topological polar surface area (TPSA) is 54.0 Å². The summed E-state index contributed by atoms with van der Waals surface area (Å²) >= 11 is 0. The molecule has 0 amide bonds. The van der Waals surface area contributed by atoms with Crippen LogP contribution in [-0.4, -0.2) is 31.1 Å². The number of carbonyl (C=O) groups excluding carboxylic acids is 1. The summed E-state index contributed by atoms with van der Waals surface area (Å²) in [5.74, 6) is -0.361. The maximum absolute atomic E-state index is 12.0. The maximum Gasteiger partial charge on any atom is 0.332 e. The Hall–Kier alpha value is -2.21. The van der Waals surface area contributed by atoms with Crippen molar-refractivity contribution in [1.29, 1.82) is 0 Å². The lowest BCUT2D eigenvalue weighted by molar-refractivity contribution is -0.189. The Bertz CT molecular complexity index is 837. The summed E-state index contributed by atoms with van der Waals surface area (Å²) in [4.78, 5) is 12.0. The SMILES string of the molecule is CC(OCC(=O)OC(C)(C)C)c1cccc([C@H](Cc2ccccc2)OC2CCCCO2)c1. The predicted octanol–water partition coefficient (Wildman–Crippen LogP) is 5.93. The van der Waals surface area contributed by atoms with Gasteiger partial charge in [0.25, 0.3) is 0 Å². The van der Waals surface area contributed by atoms with Crippen molar-refractivity contribution in [3.05, 3.63) is 71.3 Å². The molecule has 5 nitrogen and oxygen atoms in total. The third-order valence-corrected chi connectivity index (χ3v) is 5.34. The fourth-order valence-electron chi connectivity index (χ4n) is 3.75. The molecule has 0 aliphatic carbocycles. The molecule has 3 atom stereocenters. The molecule has 0 aromatic heterocycles. The highest BCUT2D eigenvalue weighted by molar-refractivity contribution is 5.71. The Labute approximate surface area is 192 Å². The molecule has 0 radical (unpaired) electrons. The van der Waals surface area contributed by atoms with Crippen LogP contribution in [0.4, 0.5) is 0 Å². The van der Waals surface area contributed by atoms with Crippen LogP contribution >= 0.6 is 0 Å². The zero-order chi connectivity index (χ0) is 23.0. The van der Waals surface area contributed by atoms with Crippen molar-refractivity contribution in [3.8, 4) is 0 Å². The minimum atomic E-state index is -0.521. The molecule has 1 fully saturated rings. The molecule has 0 N–H and O–H groups in total. The average molecular weight is 441 g/mol. The van der Waals surface area contributed by atoms with Gasteiger partial charge in [0.2, 0.25) is 0 Å². The fraction of sp³-hybridized carbons (Fsp3) is 0.519. The largest absolute Gasteiger partial charge is 0.458 e. The van der Waals surface area contributed by atoms with Crippen molar-refractivity contribution in [2.75, 3.05) is 13.2 Å². The Morgan fingerprint density at radius 1 is 1.06 bits per heavy atom. The Morgan fingerprint density at radius 2 is 1.81 bits per heavy atom. The van der Waals surface area contributed by atoms with Gasteiger partial charge in [0.15, 0.2) is 6.29 Å². The van der Waals surface area contributed by atoms with E-state index in [1.165, 1.54) is 5.56 Å². The summed E-state index contributed by atoms with van der Waals surface area (Å²) < 4.78 is 23.4. The van der Waals surface area contributed by atoms with E-state index in [-0.39, 0.29) is 31.1 Å². The first-order valence-electron chi connectivity index (χ1n) is 11.5. The van der Waals surface area contributed by atoms with E-state index in [1.54, 1.807) is 0 Å². The van der Waals surface area contributed by atoms with E-state index in [9.17, 15) is 4.79 Å². The number of hydrogen-bond acceptors (Lipinski definition) is 5. The van der Waals surface area contributed by atoms with Crippen LogP contribution in [0.15, 0.2) is 54.6 Å². The first-order valence-corrected chi connectivity index (χ1v) is 11.5. The van der Waals surface area contributed by atoms with E-state index in [4.69, 9.17) is 18.9 Å². The van der Waals surface area contributed by atoms with Crippen LogP contribution in [0.5, 0.6) is 0 Å². The summed E-state index contributed by atoms with van der Waals surface area (Å²) in [6.45, 7) is 8.16. The Kier molecular flexibility index (Phi) is 8.85. The molecule has 5 heteroatoms. The van der Waals surface area contributed by atoms with Crippen molar-refractivity contribution in [3.63, 3.8) is 0 Å². The first-order chi connectivity index (χ1) is 15.3. The molecule has 0 spiro atoms. The molecule has 1 aliphatic rings. The van der Waals surface area contributed by atoms with Gasteiger partial charge < -0.3 is 18.9 Å². The number of rotatable bonds is 9. The molecule has 1 heterocycles. The van der Waals surface area contributed by atoms with E-state index < -0.39 is 5.60 Å². The van der Waals surface area contributed by atoms with Gasteiger partial charge in [0.05, 0.1) is 12.2 Å². The second kappa shape index (κ2) is 11.6. The van der Waals surface area contributed by atoms with Gasteiger partial charge >= 0.3 is 5.97 Å². The smallest absolute Gasteiger partial charge is 0.332 e. The van der Waals surface area contributed by atoms with Crippen molar-refractivity contribution < 1.29 is 23.7 Å². The van der Waals surface area contributed by atoms with Crippen LogP contribution in [0.3, 0.4) is 0 Å². The lowest BCUT2D eigenvalue weighted by atomic mass is 9.98. The number of carbonyl (C=O) groups is 1. The molecule has 0 bridgehead atoms. The molecular formula is C27H36O5. The normalized spacial score (nSPS) is 18.7. The standard InChI is InChI=1S/C27H36O5/c1-20(30-19-25(28)32-27(2,3)4)22-13-10-14-23(18-22)24(17-21-11-6-5-7-12-21)31-26-15-8-9-16-29-26/h5-7,10-14,18,20,24,26H,8-9,15-17,19H2,1-4H3/t20?,24-,26?/m0/s1. The summed E-state index contributed by atoms with van der Waals surface area (Å²) in [5, 5.41) is 0. The zero-order valence-corrected chi connectivity index (χ0v) is 19.7. The van der Waals surface area contributed by atoms with E-state index in [0.29, 0.717) is 0 Å². The third-order valence-electron chi connectivity index (χ3n) is 5.34. The molecule has 2 aromatic rings. The van der Waals surface area contributed by atoms with E-state index in [1.807, 2.05) is 58.0 Å².